The number of aromatic nitrogens is 1. The summed E-state index contributed by atoms with van der Waals surface area (Å²) in [5, 5.41) is 3.62. The number of nitrogens with one attached hydrogen (secondary N) is 1. The number of halogens is 1. The number of sulfonamides is 1. The quantitative estimate of drug-likeness (QED) is 0.876. The molecule has 120 valence electrons. The molecule has 1 aromatic heterocycles. The van der Waals surface area contributed by atoms with Crippen molar-refractivity contribution in [2.45, 2.75) is 25.2 Å². The van der Waals surface area contributed by atoms with Crippen LogP contribution in [0.25, 0.3) is 0 Å². The molecule has 2 aromatic rings. The van der Waals surface area contributed by atoms with Gasteiger partial charge in [0.1, 0.15) is 10.6 Å². The first-order valence-corrected chi connectivity index (χ1v) is 8.08. The fraction of sp³-hybridized carbons (Fsp3) is 0.357. The second-order valence-corrected chi connectivity index (χ2v) is 6.47. The largest absolute Gasteiger partial charge is 0.494 e. The standard InChI is InChI=1S/C14H17FN2O4S/c1-9-14(10(2)21-17-9)22(18,19)16-7-6-11-4-5-13(20-3)12(15)8-11/h4-5,8,16H,6-7H2,1-3H3. The summed E-state index contributed by atoms with van der Waals surface area (Å²) in [7, 11) is -2.31. The maximum absolute atomic E-state index is 13.6. The van der Waals surface area contributed by atoms with Gasteiger partial charge in [-0.3, -0.25) is 0 Å². The van der Waals surface area contributed by atoms with Crippen molar-refractivity contribution in [1.29, 1.82) is 0 Å². The number of aryl methyl sites for hydroxylation is 2. The van der Waals surface area contributed by atoms with Crippen LogP contribution in [0.1, 0.15) is 17.0 Å². The molecule has 0 aliphatic heterocycles. The van der Waals surface area contributed by atoms with E-state index in [1.807, 2.05) is 0 Å². The van der Waals surface area contributed by atoms with Gasteiger partial charge in [0, 0.05) is 6.54 Å². The van der Waals surface area contributed by atoms with Crippen molar-refractivity contribution < 1.29 is 22.1 Å². The number of methoxy groups -OCH3 is 1. The van der Waals surface area contributed by atoms with Crippen molar-refractivity contribution in [2.24, 2.45) is 0 Å². The average molecular weight is 328 g/mol. The van der Waals surface area contributed by atoms with Gasteiger partial charge in [0.15, 0.2) is 17.3 Å². The lowest BCUT2D eigenvalue weighted by molar-refractivity contribution is 0.386. The van der Waals surface area contributed by atoms with Crippen LogP contribution in [-0.2, 0) is 16.4 Å². The first-order valence-electron chi connectivity index (χ1n) is 6.60. The van der Waals surface area contributed by atoms with Crippen molar-refractivity contribution in [3.05, 3.63) is 41.0 Å². The highest BCUT2D eigenvalue weighted by atomic mass is 32.2. The Morgan fingerprint density at radius 2 is 2.09 bits per heavy atom. The molecule has 2 rings (SSSR count). The van der Waals surface area contributed by atoms with Crippen LogP contribution < -0.4 is 9.46 Å². The van der Waals surface area contributed by atoms with Gasteiger partial charge in [-0.1, -0.05) is 11.2 Å². The van der Waals surface area contributed by atoms with E-state index in [2.05, 4.69) is 9.88 Å². The lowest BCUT2D eigenvalue weighted by Gasteiger charge is -2.07. The van der Waals surface area contributed by atoms with Gasteiger partial charge in [0.2, 0.25) is 10.0 Å². The third-order valence-corrected chi connectivity index (χ3v) is 4.86. The Morgan fingerprint density at radius 3 is 2.64 bits per heavy atom. The van der Waals surface area contributed by atoms with Crippen LogP contribution >= 0.6 is 0 Å². The van der Waals surface area contributed by atoms with E-state index in [1.165, 1.54) is 26.2 Å². The SMILES string of the molecule is COc1ccc(CCNS(=O)(=O)c2c(C)noc2C)cc1F. The minimum absolute atomic E-state index is 0.0495. The molecule has 0 aliphatic carbocycles. The van der Waals surface area contributed by atoms with E-state index in [1.54, 1.807) is 13.0 Å². The predicted octanol–water partition coefficient (Wildman–Crippen LogP) is 1.96. The van der Waals surface area contributed by atoms with Gasteiger partial charge in [-0.05, 0) is 38.0 Å². The number of benzene rings is 1. The lowest BCUT2D eigenvalue weighted by Crippen LogP contribution is -2.26. The maximum Gasteiger partial charge on any atom is 0.245 e. The fourth-order valence-electron chi connectivity index (χ4n) is 2.13. The molecule has 0 amide bonds. The summed E-state index contributed by atoms with van der Waals surface area (Å²) in [6.45, 7) is 3.23. The summed E-state index contributed by atoms with van der Waals surface area (Å²) in [6.07, 6.45) is 0.351. The summed E-state index contributed by atoms with van der Waals surface area (Å²) in [4.78, 5) is 0.0495. The third kappa shape index (κ3) is 3.45. The highest BCUT2D eigenvalue weighted by molar-refractivity contribution is 7.89. The van der Waals surface area contributed by atoms with Gasteiger partial charge in [0.05, 0.1) is 7.11 Å². The minimum atomic E-state index is -3.70. The minimum Gasteiger partial charge on any atom is -0.494 e. The fourth-order valence-corrected chi connectivity index (χ4v) is 3.48. The molecule has 0 unspecified atom stereocenters. The Labute approximate surface area is 128 Å². The van der Waals surface area contributed by atoms with Crippen LogP contribution in [-0.4, -0.2) is 27.2 Å². The third-order valence-electron chi connectivity index (χ3n) is 3.16. The van der Waals surface area contributed by atoms with Crippen molar-refractivity contribution in [1.82, 2.24) is 9.88 Å². The molecule has 22 heavy (non-hydrogen) atoms. The smallest absolute Gasteiger partial charge is 0.245 e. The van der Waals surface area contributed by atoms with Crippen LogP contribution in [0.3, 0.4) is 0 Å². The highest BCUT2D eigenvalue weighted by Crippen LogP contribution is 2.19. The summed E-state index contributed by atoms with van der Waals surface area (Å²) >= 11 is 0. The van der Waals surface area contributed by atoms with E-state index in [0.29, 0.717) is 17.7 Å². The summed E-state index contributed by atoms with van der Waals surface area (Å²) in [5.41, 5.74) is 0.972. The van der Waals surface area contributed by atoms with Gasteiger partial charge in [-0.25, -0.2) is 17.5 Å². The molecule has 1 heterocycles. The van der Waals surface area contributed by atoms with Crippen LogP contribution in [0, 0.1) is 19.7 Å². The average Bonchev–Trinajstić information content (AvgIpc) is 2.79. The summed E-state index contributed by atoms with van der Waals surface area (Å²) in [5.74, 6) is -0.0888. The summed E-state index contributed by atoms with van der Waals surface area (Å²) in [6, 6.07) is 4.52. The number of ether oxygens (including phenoxy) is 1. The van der Waals surface area contributed by atoms with Crippen molar-refractivity contribution in [3.8, 4) is 5.75 Å². The Morgan fingerprint density at radius 1 is 1.36 bits per heavy atom. The second kappa shape index (κ2) is 6.45. The molecular weight excluding hydrogens is 311 g/mol. The Bertz CT molecular complexity index is 752. The molecule has 0 atom stereocenters. The predicted molar refractivity (Wildman–Crippen MR) is 77.8 cm³/mol. The molecule has 0 saturated carbocycles. The van der Waals surface area contributed by atoms with Gasteiger partial charge in [-0.15, -0.1) is 0 Å². The second-order valence-electron chi connectivity index (χ2n) is 4.77. The van der Waals surface area contributed by atoms with E-state index in [9.17, 15) is 12.8 Å². The van der Waals surface area contributed by atoms with Crippen LogP contribution in [0.15, 0.2) is 27.6 Å². The van der Waals surface area contributed by atoms with E-state index in [4.69, 9.17) is 9.26 Å². The topological polar surface area (TPSA) is 81.4 Å². The Hall–Kier alpha value is -1.93. The van der Waals surface area contributed by atoms with Crippen LogP contribution in [0.4, 0.5) is 4.39 Å². The molecule has 0 aliphatic rings. The number of hydrogen-bond acceptors (Lipinski definition) is 5. The highest BCUT2D eigenvalue weighted by Gasteiger charge is 2.23. The zero-order valence-electron chi connectivity index (χ0n) is 12.5. The normalized spacial score (nSPS) is 11.6. The first kappa shape index (κ1) is 16.4. The molecule has 6 nitrogen and oxygen atoms in total. The molecule has 0 fully saturated rings. The molecule has 1 aromatic carbocycles. The molecule has 8 heteroatoms. The van der Waals surface area contributed by atoms with E-state index >= 15 is 0 Å². The van der Waals surface area contributed by atoms with E-state index in [-0.39, 0.29) is 22.9 Å². The first-order chi connectivity index (χ1) is 10.3. The van der Waals surface area contributed by atoms with Crippen molar-refractivity contribution in [2.75, 3.05) is 13.7 Å². The molecule has 0 bridgehead atoms. The Balaban J connectivity index is 2.03. The lowest BCUT2D eigenvalue weighted by atomic mass is 10.1. The maximum atomic E-state index is 13.6. The number of hydrogen-bond donors (Lipinski definition) is 1. The van der Waals surface area contributed by atoms with E-state index < -0.39 is 15.8 Å². The van der Waals surface area contributed by atoms with E-state index in [0.717, 1.165) is 0 Å². The Kier molecular flexibility index (Phi) is 4.82. The monoisotopic (exact) mass is 328 g/mol. The van der Waals surface area contributed by atoms with Crippen molar-refractivity contribution >= 4 is 10.0 Å². The molecule has 0 saturated heterocycles. The van der Waals surface area contributed by atoms with Crippen molar-refractivity contribution in [3.63, 3.8) is 0 Å². The van der Waals surface area contributed by atoms with Crippen LogP contribution in [0.2, 0.25) is 0 Å². The molecule has 1 N–H and O–H groups in total. The number of rotatable bonds is 6. The number of nitrogens with zero attached hydrogens (tertiary/aromatic N) is 1. The van der Waals surface area contributed by atoms with Gasteiger partial charge in [0.25, 0.3) is 0 Å². The van der Waals surface area contributed by atoms with Gasteiger partial charge >= 0.3 is 0 Å². The van der Waals surface area contributed by atoms with Gasteiger partial charge < -0.3 is 9.26 Å². The zero-order chi connectivity index (χ0) is 16.3. The molecule has 0 spiro atoms. The summed E-state index contributed by atoms with van der Waals surface area (Å²) < 4.78 is 50.1. The van der Waals surface area contributed by atoms with Crippen LogP contribution in [0.5, 0.6) is 5.75 Å². The van der Waals surface area contributed by atoms with Gasteiger partial charge in [-0.2, -0.15) is 0 Å². The zero-order valence-corrected chi connectivity index (χ0v) is 13.3. The molecular formula is C14H17FN2O4S. The molecule has 0 radical (unpaired) electrons.